The predicted octanol–water partition coefficient (Wildman–Crippen LogP) is 3.46. The first-order chi connectivity index (χ1) is 8.26. The van der Waals surface area contributed by atoms with E-state index in [0.29, 0.717) is 0 Å². The van der Waals surface area contributed by atoms with Gasteiger partial charge in [-0.25, -0.2) is 8.93 Å². The number of benzene rings is 1. The van der Waals surface area contributed by atoms with Crippen molar-refractivity contribution in [2.45, 2.75) is 36.0 Å². The lowest BCUT2D eigenvalue weighted by Crippen LogP contribution is -2.25. The molecule has 0 spiro atoms. The molecule has 1 aromatic carbocycles. The zero-order valence-electron chi connectivity index (χ0n) is 9.95. The maximum Gasteiger partial charge on any atom is 0.446 e. The van der Waals surface area contributed by atoms with Gasteiger partial charge >= 0.3 is 5.51 Å². The second kappa shape index (κ2) is 6.58. The van der Waals surface area contributed by atoms with Crippen LogP contribution in [0, 0.1) is 0 Å². The first kappa shape index (κ1) is 15.5. The summed E-state index contributed by atoms with van der Waals surface area (Å²) >= 11 is -0.153. The maximum absolute atomic E-state index is 12.1. The van der Waals surface area contributed by atoms with Gasteiger partial charge in [0.25, 0.3) is 0 Å². The van der Waals surface area contributed by atoms with Gasteiger partial charge < -0.3 is 0 Å². The Hall–Kier alpha value is -0.530. The van der Waals surface area contributed by atoms with E-state index in [1.54, 1.807) is 12.1 Å². The van der Waals surface area contributed by atoms with Crippen LogP contribution >= 0.6 is 11.8 Å². The lowest BCUT2D eigenvalue weighted by molar-refractivity contribution is -0.0328. The molecule has 0 saturated heterocycles. The predicted molar refractivity (Wildman–Crippen MR) is 68.5 cm³/mol. The molecule has 0 heterocycles. The van der Waals surface area contributed by atoms with Crippen molar-refractivity contribution < 1.29 is 17.4 Å². The van der Waals surface area contributed by atoms with Crippen molar-refractivity contribution in [1.82, 2.24) is 4.72 Å². The normalized spacial score (nSPS) is 13.9. The molecule has 1 aromatic rings. The van der Waals surface area contributed by atoms with E-state index in [9.17, 15) is 17.4 Å². The molecule has 102 valence electrons. The standard InChI is InChI=1S/C11H14F3NOS2/c1-8(2)15-18(16)7-9-3-5-10(6-4-9)17-11(12,13)14/h3-6,8,15H,7H2,1-2H3. The summed E-state index contributed by atoms with van der Waals surface area (Å²) in [5.74, 6) is 0.287. The van der Waals surface area contributed by atoms with Gasteiger partial charge in [0, 0.05) is 10.9 Å². The van der Waals surface area contributed by atoms with Crippen LogP contribution in [0.1, 0.15) is 19.4 Å². The molecule has 0 aliphatic rings. The monoisotopic (exact) mass is 297 g/mol. The zero-order valence-corrected chi connectivity index (χ0v) is 11.6. The number of halogens is 3. The zero-order chi connectivity index (χ0) is 13.8. The highest BCUT2D eigenvalue weighted by Crippen LogP contribution is 2.36. The number of thioether (sulfide) groups is 1. The summed E-state index contributed by atoms with van der Waals surface area (Å²) in [4.78, 5) is 0.133. The van der Waals surface area contributed by atoms with Gasteiger partial charge in [0.15, 0.2) is 0 Å². The summed E-state index contributed by atoms with van der Waals surface area (Å²) in [7, 11) is -1.21. The molecule has 0 fully saturated rings. The molecular formula is C11H14F3NOS2. The Morgan fingerprint density at radius 3 is 2.28 bits per heavy atom. The third kappa shape index (κ3) is 6.42. The minimum atomic E-state index is -4.27. The number of hydrogen-bond donors (Lipinski definition) is 1. The van der Waals surface area contributed by atoms with Crippen molar-refractivity contribution in [3.63, 3.8) is 0 Å². The first-order valence-corrected chi connectivity index (χ1v) is 7.39. The van der Waals surface area contributed by atoms with Gasteiger partial charge in [-0.15, -0.1) is 0 Å². The van der Waals surface area contributed by atoms with Crippen LogP contribution in [0.3, 0.4) is 0 Å². The number of alkyl halides is 3. The van der Waals surface area contributed by atoms with Crippen molar-refractivity contribution in [3.8, 4) is 0 Å². The summed E-state index contributed by atoms with van der Waals surface area (Å²) in [5, 5.41) is 0. The van der Waals surface area contributed by atoms with Crippen molar-refractivity contribution >= 4 is 22.7 Å². The molecular weight excluding hydrogens is 283 g/mol. The molecule has 1 atom stereocenters. The van der Waals surface area contributed by atoms with E-state index in [2.05, 4.69) is 4.72 Å². The van der Waals surface area contributed by atoms with Crippen LogP contribution in [0.2, 0.25) is 0 Å². The van der Waals surface area contributed by atoms with E-state index < -0.39 is 16.5 Å². The number of hydrogen-bond acceptors (Lipinski definition) is 2. The van der Waals surface area contributed by atoms with Crippen LogP contribution in [-0.4, -0.2) is 15.8 Å². The third-order valence-electron chi connectivity index (χ3n) is 1.82. The molecule has 1 unspecified atom stereocenters. The van der Waals surface area contributed by atoms with Crippen LogP contribution in [0.25, 0.3) is 0 Å². The van der Waals surface area contributed by atoms with Crippen molar-refractivity contribution in [1.29, 1.82) is 0 Å². The van der Waals surface area contributed by atoms with Crippen LogP contribution in [0.15, 0.2) is 29.2 Å². The van der Waals surface area contributed by atoms with Gasteiger partial charge in [-0.05, 0) is 43.3 Å². The Balaban J connectivity index is 2.58. The number of rotatable bonds is 5. The van der Waals surface area contributed by atoms with E-state index in [1.165, 1.54) is 12.1 Å². The Bertz CT molecular complexity index is 404. The molecule has 0 aromatic heterocycles. The van der Waals surface area contributed by atoms with Crippen molar-refractivity contribution in [2.24, 2.45) is 0 Å². The quantitative estimate of drug-likeness (QED) is 0.843. The van der Waals surface area contributed by atoms with E-state index >= 15 is 0 Å². The lowest BCUT2D eigenvalue weighted by atomic mass is 10.2. The Morgan fingerprint density at radius 2 is 1.83 bits per heavy atom. The van der Waals surface area contributed by atoms with Gasteiger partial charge in [-0.1, -0.05) is 12.1 Å². The van der Waals surface area contributed by atoms with E-state index in [4.69, 9.17) is 0 Å². The SMILES string of the molecule is CC(C)NS(=O)Cc1ccc(SC(F)(F)F)cc1. The smallest absolute Gasteiger partial charge is 0.243 e. The molecule has 18 heavy (non-hydrogen) atoms. The average molecular weight is 297 g/mol. The first-order valence-electron chi connectivity index (χ1n) is 5.25. The van der Waals surface area contributed by atoms with Gasteiger partial charge in [-0.2, -0.15) is 13.2 Å². The summed E-state index contributed by atoms with van der Waals surface area (Å²) in [5.41, 5.74) is -3.53. The highest BCUT2D eigenvalue weighted by Gasteiger charge is 2.28. The van der Waals surface area contributed by atoms with Gasteiger partial charge in [-0.3, -0.25) is 0 Å². The van der Waals surface area contributed by atoms with E-state index in [-0.39, 0.29) is 28.5 Å². The molecule has 2 nitrogen and oxygen atoms in total. The summed E-state index contributed by atoms with van der Waals surface area (Å²) in [6.07, 6.45) is 0. The molecule has 0 bridgehead atoms. The van der Waals surface area contributed by atoms with Crippen LogP contribution < -0.4 is 4.72 Å². The minimum Gasteiger partial charge on any atom is -0.243 e. The van der Waals surface area contributed by atoms with E-state index in [1.807, 2.05) is 13.8 Å². The third-order valence-corrected chi connectivity index (χ3v) is 3.89. The summed E-state index contributed by atoms with van der Waals surface area (Å²) < 4.78 is 50.7. The van der Waals surface area contributed by atoms with Crippen LogP contribution in [-0.2, 0) is 16.7 Å². The molecule has 1 rings (SSSR count). The lowest BCUT2D eigenvalue weighted by Gasteiger charge is -2.09. The molecule has 0 aliphatic heterocycles. The maximum atomic E-state index is 12.1. The Morgan fingerprint density at radius 1 is 1.28 bits per heavy atom. The van der Waals surface area contributed by atoms with E-state index in [0.717, 1.165) is 5.56 Å². The molecule has 7 heteroatoms. The minimum absolute atomic E-state index is 0.103. The van der Waals surface area contributed by atoms with Gasteiger partial charge in [0.1, 0.15) is 0 Å². The summed E-state index contributed by atoms with van der Waals surface area (Å²) in [6, 6.07) is 6.01. The molecule has 0 radical (unpaired) electrons. The molecule has 1 N–H and O–H groups in total. The fourth-order valence-corrected chi connectivity index (χ4v) is 2.89. The molecule has 0 amide bonds. The highest BCUT2D eigenvalue weighted by atomic mass is 32.2. The average Bonchev–Trinajstić information content (AvgIpc) is 2.17. The fraction of sp³-hybridized carbons (Fsp3) is 0.455. The molecule has 0 aliphatic carbocycles. The summed E-state index contributed by atoms with van der Waals surface area (Å²) in [6.45, 7) is 3.75. The van der Waals surface area contributed by atoms with Crippen LogP contribution in [0.5, 0.6) is 0 Å². The topological polar surface area (TPSA) is 29.1 Å². The largest absolute Gasteiger partial charge is 0.446 e. The Kier molecular flexibility index (Phi) is 5.68. The van der Waals surface area contributed by atoms with Gasteiger partial charge in [0.05, 0.1) is 16.7 Å². The molecule has 0 saturated carbocycles. The second-order valence-electron chi connectivity index (χ2n) is 3.95. The number of nitrogens with one attached hydrogen (secondary N) is 1. The Labute approximate surface area is 111 Å². The van der Waals surface area contributed by atoms with Gasteiger partial charge in [0.2, 0.25) is 0 Å². The van der Waals surface area contributed by atoms with Crippen molar-refractivity contribution in [2.75, 3.05) is 0 Å². The van der Waals surface area contributed by atoms with Crippen LogP contribution in [0.4, 0.5) is 13.2 Å². The second-order valence-corrected chi connectivity index (χ2v) is 6.31. The van der Waals surface area contributed by atoms with Crippen molar-refractivity contribution in [3.05, 3.63) is 29.8 Å². The fourth-order valence-electron chi connectivity index (χ4n) is 1.24. The highest BCUT2D eigenvalue weighted by molar-refractivity contribution is 8.00.